The zero-order valence-corrected chi connectivity index (χ0v) is 9.28. The van der Waals surface area contributed by atoms with Gasteiger partial charge in [0, 0.05) is 21.6 Å². The number of rotatable bonds is 0. The van der Waals surface area contributed by atoms with Crippen LogP contribution in [-0.2, 0) is 4.79 Å². The van der Waals surface area contributed by atoms with E-state index in [0.717, 1.165) is 16.3 Å². The number of halogens is 1. The average molecular weight is 228 g/mol. The third-order valence-corrected chi connectivity index (χ3v) is 3.70. The molecular formula is C10H10ClNOS. The molecule has 0 aliphatic carbocycles. The van der Waals surface area contributed by atoms with E-state index >= 15 is 0 Å². The van der Waals surface area contributed by atoms with E-state index in [4.69, 9.17) is 11.6 Å². The topological polar surface area (TPSA) is 29.1 Å². The molecule has 0 bridgehead atoms. The highest BCUT2D eigenvalue weighted by Crippen LogP contribution is 2.34. The molecule has 1 heterocycles. The van der Waals surface area contributed by atoms with Crippen LogP contribution in [0.2, 0.25) is 5.02 Å². The number of nitrogens with one attached hydrogen (secondary N) is 1. The molecular weight excluding hydrogens is 218 g/mol. The van der Waals surface area contributed by atoms with Crippen LogP contribution in [0.4, 0.5) is 5.69 Å². The van der Waals surface area contributed by atoms with E-state index in [2.05, 4.69) is 5.32 Å². The van der Waals surface area contributed by atoms with Crippen LogP contribution in [0, 0.1) is 5.92 Å². The second-order valence-corrected chi connectivity index (χ2v) is 4.84. The van der Waals surface area contributed by atoms with Crippen molar-refractivity contribution in [1.29, 1.82) is 0 Å². The molecule has 0 radical (unpaired) electrons. The molecule has 2 rings (SSSR count). The second kappa shape index (κ2) is 3.83. The maximum absolute atomic E-state index is 11.5. The van der Waals surface area contributed by atoms with Crippen LogP contribution in [0.1, 0.15) is 6.92 Å². The number of hydrogen-bond donors (Lipinski definition) is 1. The van der Waals surface area contributed by atoms with Gasteiger partial charge >= 0.3 is 0 Å². The monoisotopic (exact) mass is 227 g/mol. The zero-order chi connectivity index (χ0) is 10.1. The van der Waals surface area contributed by atoms with Crippen molar-refractivity contribution in [3.05, 3.63) is 23.2 Å². The van der Waals surface area contributed by atoms with E-state index in [-0.39, 0.29) is 11.8 Å². The number of carbonyl (C=O) groups is 1. The SMILES string of the molecule is CC1CSc2ccc(Cl)cc2NC1=O. The first kappa shape index (κ1) is 9.87. The Bertz CT molecular complexity index is 380. The van der Waals surface area contributed by atoms with Crippen LogP contribution < -0.4 is 5.32 Å². The molecule has 0 aromatic heterocycles. The lowest BCUT2D eigenvalue weighted by Crippen LogP contribution is -2.20. The van der Waals surface area contributed by atoms with E-state index in [0.29, 0.717) is 5.02 Å². The molecule has 0 saturated heterocycles. The maximum atomic E-state index is 11.5. The lowest BCUT2D eigenvalue weighted by Gasteiger charge is -2.06. The molecule has 1 unspecified atom stereocenters. The Hall–Kier alpha value is -0.670. The zero-order valence-electron chi connectivity index (χ0n) is 7.71. The molecule has 1 amide bonds. The lowest BCUT2D eigenvalue weighted by molar-refractivity contribution is -0.118. The Morgan fingerprint density at radius 3 is 3.14 bits per heavy atom. The van der Waals surface area contributed by atoms with E-state index in [1.54, 1.807) is 17.8 Å². The minimum atomic E-state index is 0.0474. The van der Waals surface area contributed by atoms with Gasteiger partial charge in [-0.25, -0.2) is 0 Å². The van der Waals surface area contributed by atoms with Crippen molar-refractivity contribution in [2.45, 2.75) is 11.8 Å². The van der Waals surface area contributed by atoms with Gasteiger partial charge in [-0.15, -0.1) is 11.8 Å². The van der Waals surface area contributed by atoms with Crippen LogP contribution >= 0.6 is 23.4 Å². The summed E-state index contributed by atoms with van der Waals surface area (Å²) in [6, 6.07) is 5.58. The smallest absolute Gasteiger partial charge is 0.228 e. The minimum Gasteiger partial charge on any atom is -0.325 e. The Morgan fingerprint density at radius 2 is 2.36 bits per heavy atom. The van der Waals surface area contributed by atoms with Gasteiger partial charge < -0.3 is 5.32 Å². The number of benzene rings is 1. The second-order valence-electron chi connectivity index (χ2n) is 3.34. The van der Waals surface area contributed by atoms with Crippen molar-refractivity contribution in [3.63, 3.8) is 0 Å². The molecule has 0 saturated carbocycles. The summed E-state index contributed by atoms with van der Waals surface area (Å²) in [7, 11) is 0. The fraction of sp³-hybridized carbons (Fsp3) is 0.300. The molecule has 14 heavy (non-hydrogen) atoms. The molecule has 2 nitrogen and oxygen atoms in total. The Labute approximate surface area is 92.0 Å². The fourth-order valence-electron chi connectivity index (χ4n) is 1.27. The molecule has 1 N–H and O–H groups in total. The van der Waals surface area contributed by atoms with Crippen molar-refractivity contribution in [1.82, 2.24) is 0 Å². The molecule has 1 atom stereocenters. The first-order valence-electron chi connectivity index (χ1n) is 4.40. The van der Waals surface area contributed by atoms with Crippen LogP contribution in [-0.4, -0.2) is 11.7 Å². The third kappa shape index (κ3) is 1.88. The predicted octanol–water partition coefficient (Wildman–Crippen LogP) is 3.02. The normalized spacial score (nSPS) is 21.0. The number of hydrogen-bond acceptors (Lipinski definition) is 2. The average Bonchev–Trinajstić information content (AvgIpc) is 2.27. The molecule has 74 valence electrons. The van der Waals surface area contributed by atoms with Crippen LogP contribution in [0.5, 0.6) is 0 Å². The molecule has 0 spiro atoms. The van der Waals surface area contributed by atoms with Crippen LogP contribution in [0.3, 0.4) is 0 Å². The summed E-state index contributed by atoms with van der Waals surface area (Å²) >= 11 is 7.54. The summed E-state index contributed by atoms with van der Waals surface area (Å²) in [5.74, 6) is 0.935. The number of amides is 1. The van der Waals surface area contributed by atoms with Crippen LogP contribution in [0.25, 0.3) is 0 Å². The van der Waals surface area contributed by atoms with Gasteiger partial charge in [0.25, 0.3) is 0 Å². The van der Waals surface area contributed by atoms with Crippen molar-refractivity contribution < 1.29 is 4.79 Å². The van der Waals surface area contributed by atoms with E-state index in [9.17, 15) is 4.79 Å². The van der Waals surface area contributed by atoms with E-state index in [1.807, 2.05) is 19.1 Å². The number of fused-ring (bicyclic) bond motifs is 1. The van der Waals surface area contributed by atoms with Gasteiger partial charge in [0.2, 0.25) is 5.91 Å². The van der Waals surface area contributed by atoms with Crippen molar-refractivity contribution >= 4 is 35.0 Å². The summed E-state index contributed by atoms with van der Waals surface area (Å²) in [5.41, 5.74) is 0.830. The Morgan fingerprint density at radius 1 is 1.57 bits per heavy atom. The largest absolute Gasteiger partial charge is 0.325 e. The summed E-state index contributed by atoms with van der Waals surface area (Å²) in [6.07, 6.45) is 0. The van der Waals surface area contributed by atoms with Gasteiger partial charge in [-0.05, 0) is 18.2 Å². The summed E-state index contributed by atoms with van der Waals surface area (Å²) in [4.78, 5) is 12.6. The first-order chi connectivity index (χ1) is 6.66. The Balaban J connectivity index is 2.38. The molecule has 0 fully saturated rings. The van der Waals surface area contributed by atoms with Crippen molar-refractivity contribution in [2.24, 2.45) is 5.92 Å². The molecule has 1 aliphatic heterocycles. The summed E-state index contributed by atoms with van der Waals surface area (Å²) in [5, 5.41) is 3.52. The summed E-state index contributed by atoms with van der Waals surface area (Å²) < 4.78 is 0. The van der Waals surface area contributed by atoms with Crippen LogP contribution in [0.15, 0.2) is 23.1 Å². The predicted molar refractivity (Wildman–Crippen MR) is 60.0 cm³/mol. The molecule has 1 aromatic rings. The summed E-state index contributed by atoms with van der Waals surface area (Å²) in [6.45, 7) is 1.93. The maximum Gasteiger partial charge on any atom is 0.228 e. The third-order valence-electron chi connectivity index (χ3n) is 2.14. The highest BCUT2D eigenvalue weighted by atomic mass is 35.5. The first-order valence-corrected chi connectivity index (χ1v) is 5.76. The minimum absolute atomic E-state index is 0.0474. The highest BCUT2D eigenvalue weighted by Gasteiger charge is 2.19. The number of carbonyl (C=O) groups excluding carboxylic acids is 1. The van der Waals surface area contributed by atoms with Gasteiger partial charge in [0.15, 0.2) is 0 Å². The Kier molecular flexibility index (Phi) is 2.70. The van der Waals surface area contributed by atoms with Gasteiger partial charge in [-0.3, -0.25) is 4.79 Å². The molecule has 1 aliphatic rings. The lowest BCUT2D eigenvalue weighted by atomic mass is 10.2. The number of thioether (sulfide) groups is 1. The quantitative estimate of drug-likeness (QED) is 0.738. The number of anilines is 1. The van der Waals surface area contributed by atoms with Gasteiger partial charge in [0.1, 0.15) is 0 Å². The van der Waals surface area contributed by atoms with Crippen molar-refractivity contribution in [2.75, 3.05) is 11.1 Å². The van der Waals surface area contributed by atoms with Gasteiger partial charge in [-0.1, -0.05) is 18.5 Å². The highest BCUT2D eigenvalue weighted by molar-refractivity contribution is 7.99. The van der Waals surface area contributed by atoms with Gasteiger partial charge in [0.05, 0.1) is 5.69 Å². The standard InChI is InChI=1S/C10H10ClNOS/c1-6-5-14-9-3-2-7(11)4-8(9)12-10(6)13/h2-4,6H,5H2,1H3,(H,12,13). The van der Waals surface area contributed by atoms with Gasteiger partial charge in [-0.2, -0.15) is 0 Å². The molecule has 4 heteroatoms. The van der Waals surface area contributed by atoms with Crippen molar-refractivity contribution in [3.8, 4) is 0 Å². The fourth-order valence-corrected chi connectivity index (χ4v) is 2.45. The molecule has 1 aromatic carbocycles. The van der Waals surface area contributed by atoms with E-state index in [1.165, 1.54) is 0 Å². The van der Waals surface area contributed by atoms with E-state index < -0.39 is 0 Å².